The first-order chi connectivity index (χ1) is 9.15. The third-order valence-corrected chi connectivity index (χ3v) is 3.48. The third kappa shape index (κ3) is 2.13. The molecule has 4 nitrogen and oxygen atoms in total. The number of H-pyrrole nitrogens is 1. The molecule has 1 amide bonds. The lowest BCUT2D eigenvalue weighted by molar-refractivity contribution is 0.100. The maximum atomic E-state index is 11.2. The molecule has 0 aliphatic rings. The number of carbonyl (C=O) groups excluding carboxylic acids is 1. The van der Waals surface area contributed by atoms with Gasteiger partial charge in [-0.05, 0) is 28.1 Å². The zero-order valence-corrected chi connectivity index (χ0v) is 11.4. The summed E-state index contributed by atoms with van der Waals surface area (Å²) in [4.78, 5) is 19.0. The molecule has 1 heterocycles. The van der Waals surface area contributed by atoms with Crippen molar-refractivity contribution < 1.29 is 4.79 Å². The zero-order chi connectivity index (χ0) is 13.4. The number of hydrogen-bond acceptors (Lipinski definition) is 2. The predicted octanol–water partition coefficient (Wildman–Crippen LogP) is 3.09. The second-order valence-electron chi connectivity index (χ2n) is 4.17. The summed E-state index contributed by atoms with van der Waals surface area (Å²) in [5, 5.41) is 0. The molecule has 3 N–H and O–H groups in total. The van der Waals surface area contributed by atoms with Crippen molar-refractivity contribution in [1.82, 2.24) is 9.97 Å². The number of aromatic amines is 1. The molecule has 19 heavy (non-hydrogen) atoms. The van der Waals surface area contributed by atoms with Crippen LogP contribution in [0.4, 0.5) is 0 Å². The van der Waals surface area contributed by atoms with E-state index in [2.05, 4.69) is 25.9 Å². The molecule has 1 aromatic heterocycles. The first-order valence-corrected chi connectivity index (χ1v) is 6.49. The maximum Gasteiger partial charge on any atom is 0.248 e. The van der Waals surface area contributed by atoms with Gasteiger partial charge in [-0.3, -0.25) is 4.79 Å². The minimum absolute atomic E-state index is 0.447. The first-order valence-electron chi connectivity index (χ1n) is 5.69. The van der Waals surface area contributed by atoms with Crippen molar-refractivity contribution in [1.29, 1.82) is 0 Å². The predicted molar refractivity (Wildman–Crippen MR) is 77.7 cm³/mol. The van der Waals surface area contributed by atoms with Gasteiger partial charge in [-0.1, -0.05) is 30.3 Å². The third-order valence-electron chi connectivity index (χ3n) is 2.87. The average molecular weight is 316 g/mol. The van der Waals surface area contributed by atoms with Crippen LogP contribution in [0.1, 0.15) is 10.4 Å². The van der Waals surface area contributed by atoms with Crippen molar-refractivity contribution in [3.05, 3.63) is 52.5 Å². The lowest BCUT2D eigenvalue weighted by atomic mass is 10.2. The van der Waals surface area contributed by atoms with Crippen LogP contribution in [0.3, 0.4) is 0 Å². The summed E-state index contributed by atoms with van der Waals surface area (Å²) >= 11 is 3.41. The summed E-state index contributed by atoms with van der Waals surface area (Å²) in [6.45, 7) is 0. The van der Waals surface area contributed by atoms with E-state index in [4.69, 9.17) is 5.73 Å². The molecule has 0 atom stereocenters. The van der Waals surface area contributed by atoms with Crippen molar-refractivity contribution in [3.63, 3.8) is 0 Å². The van der Waals surface area contributed by atoms with Gasteiger partial charge in [0.1, 0.15) is 11.3 Å². The van der Waals surface area contributed by atoms with Crippen LogP contribution in [-0.2, 0) is 0 Å². The van der Waals surface area contributed by atoms with Crippen LogP contribution < -0.4 is 5.73 Å². The number of fused-ring (bicyclic) bond motifs is 1. The van der Waals surface area contributed by atoms with Crippen molar-refractivity contribution in [3.8, 4) is 11.4 Å². The Kier molecular flexibility index (Phi) is 2.83. The lowest BCUT2D eigenvalue weighted by Gasteiger charge is -1.97. The summed E-state index contributed by atoms with van der Waals surface area (Å²) < 4.78 is 0.747. The van der Waals surface area contributed by atoms with Gasteiger partial charge in [-0.25, -0.2) is 4.98 Å². The van der Waals surface area contributed by atoms with E-state index in [-0.39, 0.29) is 0 Å². The van der Waals surface area contributed by atoms with Gasteiger partial charge in [-0.2, -0.15) is 0 Å². The topological polar surface area (TPSA) is 71.8 Å². The van der Waals surface area contributed by atoms with E-state index < -0.39 is 5.91 Å². The van der Waals surface area contributed by atoms with Crippen molar-refractivity contribution in [2.75, 3.05) is 0 Å². The molecule has 94 valence electrons. The lowest BCUT2D eigenvalue weighted by Crippen LogP contribution is -2.10. The summed E-state index contributed by atoms with van der Waals surface area (Å²) in [7, 11) is 0. The van der Waals surface area contributed by atoms with E-state index >= 15 is 0 Å². The van der Waals surface area contributed by atoms with Gasteiger partial charge in [0.15, 0.2) is 0 Å². The number of nitrogens with two attached hydrogens (primary N) is 1. The number of aromatic nitrogens is 2. The number of nitrogens with one attached hydrogen (secondary N) is 1. The molecule has 0 saturated carbocycles. The number of nitrogens with zero attached hydrogens (tertiary/aromatic N) is 1. The van der Waals surface area contributed by atoms with Gasteiger partial charge in [0.25, 0.3) is 0 Å². The minimum Gasteiger partial charge on any atom is -0.366 e. The zero-order valence-electron chi connectivity index (χ0n) is 9.85. The molecule has 3 rings (SSSR count). The number of carbonyl (C=O) groups is 1. The molecule has 0 aliphatic heterocycles. The van der Waals surface area contributed by atoms with Crippen LogP contribution in [-0.4, -0.2) is 15.9 Å². The fourth-order valence-corrected chi connectivity index (χ4v) is 2.50. The van der Waals surface area contributed by atoms with E-state index in [0.717, 1.165) is 26.9 Å². The molecular formula is C14H10BrN3O. The van der Waals surface area contributed by atoms with Gasteiger partial charge in [0, 0.05) is 15.6 Å². The van der Waals surface area contributed by atoms with Crippen LogP contribution in [0.2, 0.25) is 0 Å². The number of primary amides is 1. The maximum absolute atomic E-state index is 11.2. The highest BCUT2D eigenvalue weighted by atomic mass is 79.9. The van der Waals surface area contributed by atoms with Crippen molar-refractivity contribution in [2.45, 2.75) is 0 Å². The van der Waals surface area contributed by atoms with E-state index in [1.807, 2.05) is 30.3 Å². The van der Waals surface area contributed by atoms with Crippen molar-refractivity contribution >= 4 is 32.9 Å². The Balaban J connectivity index is 2.21. The molecule has 0 bridgehead atoms. The molecule has 0 unspecified atom stereocenters. The highest BCUT2D eigenvalue weighted by molar-refractivity contribution is 9.10. The molecule has 2 aromatic carbocycles. The van der Waals surface area contributed by atoms with Crippen LogP contribution >= 0.6 is 15.9 Å². The number of benzene rings is 2. The number of hydrogen-bond donors (Lipinski definition) is 2. The monoisotopic (exact) mass is 315 g/mol. The average Bonchev–Trinajstić information content (AvgIpc) is 2.84. The fourth-order valence-electron chi connectivity index (χ4n) is 1.95. The largest absolute Gasteiger partial charge is 0.366 e. The first kappa shape index (κ1) is 11.9. The number of halogens is 1. The van der Waals surface area contributed by atoms with E-state index in [1.165, 1.54) is 0 Å². The second-order valence-corrected chi connectivity index (χ2v) is 5.02. The molecule has 0 aliphatic carbocycles. The summed E-state index contributed by atoms with van der Waals surface area (Å²) in [6.07, 6.45) is 0. The number of rotatable bonds is 2. The van der Waals surface area contributed by atoms with E-state index in [1.54, 1.807) is 12.1 Å². The molecule has 3 aromatic rings. The molecule has 0 radical (unpaired) electrons. The molecular weight excluding hydrogens is 306 g/mol. The molecule has 5 heteroatoms. The molecule has 0 spiro atoms. The van der Waals surface area contributed by atoms with Crippen LogP contribution in [0.5, 0.6) is 0 Å². The summed E-state index contributed by atoms with van der Waals surface area (Å²) in [5.41, 5.74) is 8.30. The Labute approximate surface area is 117 Å². The van der Waals surface area contributed by atoms with Gasteiger partial charge in [0.2, 0.25) is 5.91 Å². The SMILES string of the molecule is NC(=O)c1cc(Br)c2nc(-c3ccccc3)[nH]c2c1. The Morgan fingerprint density at radius 2 is 1.95 bits per heavy atom. The quantitative estimate of drug-likeness (QED) is 0.762. The Morgan fingerprint density at radius 3 is 2.63 bits per heavy atom. The summed E-state index contributed by atoms with van der Waals surface area (Å²) in [6, 6.07) is 13.2. The van der Waals surface area contributed by atoms with Crippen molar-refractivity contribution in [2.24, 2.45) is 5.73 Å². The van der Waals surface area contributed by atoms with Gasteiger partial charge >= 0.3 is 0 Å². The molecule has 0 saturated heterocycles. The number of imidazole rings is 1. The smallest absolute Gasteiger partial charge is 0.248 e. The van der Waals surface area contributed by atoms with Crippen LogP contribution in [0, 0.1) is 0 Å². The molecule has 0 fully saturated rings. The summed E-state index contributed by atoms with van der Waals surface area (Å²) in [5.74, 6) is 0.302. The normalized spacial score (nSPS) is 10.8. The van der Waals surface area contributed by atoms with Crippen LogP contribution in [0.15, 0.2) is 46.9 Å². The number of amides is 1. The highest BCUT2D eigenvalue weighted by Crippen LogP contribution is 2.27. The van der Waals surface area contributed by atoms with Crippen LogP contribution in [0.25, 0.3) is 22.4 Å². The highest BCUT2D eigenvalue weighted by Gasteiger charge is 2.11. The van der Waals surface area contributed by atoms with E-state index in [0.29, 0.717) is 5.56 Å². The Hall–Kier alpha value is -2.14. The second kappa shape index (κ2) is 4.51. The minimum atomic E-state index is -0.460. The Morgan fingerprint density at radius 1 is 1.21 bits per heavy atom. The van der Waals surface area contributed by atoms with Gasteiger partial charge in [0.05, 0.1) is 5.52 Å². The fraction of sp³-hybridized carbons (Fsp3) is 0. The standard InChI is InChI=1S/C14H10BrN3O/c15-10-6-9(13(16)19)7-11-12(10)18-14(17-11)8-4-2-1-3-5-8/h1-7H,(H2,16,19)(H,17,18). The Bertz CT molecular complexity index is 765. The van der Waals surface area contributed by atoms with Gasteiger partial charge in [-0.15, -0.1) is 0 Å². The van der Waals surface area contributed by atoms with Gasteiger partial charge < -0.3 is 10.7 Å². The van der Waals surface area contributed by atoms with E-state index in [9.17, 15) is 4.79 Å².